The van der Waals surface area contributed by atoms with Crippen LogP contribution in [0.5, 0.6) is 0 Å². The summed E-state index contributed by atoms with van der Waals surface area (Å²) >= 11 is 0. The van der Waals surface area contributed by atoms with Crippen LogP contribution in [0.2, 0.25) is 0 Å². The highest BCUT2D eigenvalue weighted by Crippen LogP contribution is 2.20. The Labute approximate surface area is 63.8 Å². The molecule has 0 spiro atoms. The first-order valence-corrected chi connectivity index (χ1v) is 3.37. The van der Waals surface area contributed by atoms with E-state index in [2.05, 4.69) is 4.98 Å². The van der Waals surface area contributed by atoms with E-state index < -0.39 is 0 Å². The molecule has 0 saturated carbocycles. The molecule has 56 valence electrons. The number of oxazole rings is 1. The van der Waals surface area contributed by atoms with E-state index in [4.69, 9.17) is 10.2 Å². The summed E-state index contributed by atoms with van der Waals surface area (Å²) in [7, 11) is 0. The first-order chi connectivity index (χ1) is 5.27. The minimum absolute atomic E-state index is 0.650. The zero-order valence-corrected chi connectivity index (χ0v) is 6.16. The van der Waals surface area contributed by atoms with Crippen molar-refractivity contribution in [3.8, 4) is 0 Å². The van der Waals surface area contributed by atoms with E-state index in [1.165, 1.54) is 6.39 Å². The van der Waals surface area contributed by atoms with Crippen LogP contribution in [-0.2, 0) is 0 Å². The van der Waals surface area contributed by atoms with Crippen LogP contribution in [0.4, 0.5) is 5.69 Å². The van der Waals surface area contributed by atoms with Gasteiger partial charge in [0.15, 0.2) is 12.0 Å². The summed E-state index contributed by atoms with van der Waals surface area (Å²) in [6, 6.07) is 3.81. The van der Waals surface area contributed by atoms with Crippen molar-refractivity contribution in [1.29, 1.82) is 0 Å². The molecule has 0 unspecified atom stereocenters. The van der Waals surface area contributed by atoms with Crippen LogP contribution >= 0.6 is 0 Å². The van der Waals surface area contributed by atoms with E-state index in [1.54, 1.807) is 0 Å². The molecule has 2 rings (SSSR count). The zero-order chi connectivity index (χ0) is 7.84. The third-order valence-corrected chi connectivity index (χ3v) is 1.60. The molecule has 1 heterocycles. The van der Waals surface area contributed by atoms with Crippen molar-refractivity contribution in [2.75, 3.05) is 5.73 Å². The average molecular weight is 148 g/mol. The number of anilines is 1. The smallest absolute Gasteiger partial charge is 0.182 e. The Morgan fingerprint density at radius 3 is 3.09 bits per heavy atom. The lowest BCUT2D eigenvalue weighted by Crippen LogP contribution is -1.86. The average Bonchev–Trinajstić information content (AvgIpc) is 2.34. The Morgan fingerprint density at radius 1 is 1.45 bits per heavy atom. The van der Waals surface area contributed by atoms with Gasteiger partial charge in [0.2, 0.25) is 0 Å². The third kappa shape index (κ3) is 0.852. The van der Waals surface area contributed by atoms with Crippen molar-refractivity contribution >= 4 is 16.8 Å². The van der Waals surface area contributed by atoms with Crippen LogP contribution < -0.4 is 5.73 Å². The number of nitrogens with two attached hydrogens (primary N) is 1. The van der Waals surface area contributed by atoms with Crippen molar-refractivity contribution in [3.63, 3.8) is 0 Å². The van der Waals surface area contributed by atoms with Gasteiger partial charge in [-0.1, -0.05) is 0 Å². The van der Waals surface area contributed by atoms with Gasteiger partial charge < -0.3 is 10.2 Å². The minimum atomic E-state index is 0.650. The van der Waals surface area contributed by atoms with Gasteiger partial charge in [-0.15, -0.1) is 0 Å². The molecule has 1 aromatic heterocycles. The molecule has 0 saturated heterocycles. The van der Waals surface area contributed by atoms with Gasteiger partial charge in [0.1, 0.15) is 5.52 Å². The van der Waals surface area contributed by atoms with Crippen molar-refractivity contribution in [1.82, 2.24) is 4.98 Å². The van der Waals surface area contributed by atoms with Crippen LogP contribution in [-0.4, -0.2) is 4.98 Å². The molecule has 0 fully saturated rings. The second-order valence-corrected chi connectivity index (χ2v) is 2.55. The lowest BCUT2D eigenvalue weighted by molar-refractivity contribution is 0.603. The first-order valence-electron chi connectivity index (χ1n) is 3.37. The summed E-state index contributed by atoms with van der Waals surface area (Å²) in [6.07, 6.45) is 1.40. The molecule has 0 amide bonds. The maximum Gasteiger partial charge on any atom is 0.182 e. The highest BCUT2D eigenvalue weighted by molar-refractivity contribution is 5.85. The number of aryl methyl sites for hydroxylation is 1. The highest BCUT2D eigenvalue weighted by Gasteiger charge is 2.02. The fourth-order valence-electron chi connectivity index (χ4n) is 1.14. The van der Waals surface area contributed by atoms with Crippen molar-refractivity contribution in [2.45, 2.75) is 6.92 Å². The van der Waals surface area contributed by atoms with E-state index in [9.17, 15) is 0 Å². The number of benzene rings is 1. The molecular weight excluding hydrogens is 140 g/mol. The zero-order valence-electron chi connectivity index (χ0n) is 6.16. The Bertz CT molecular complexity index is 392. The van der Waals surface area contributed by atoms with Gasteiger partial charge in [-0.25, -0.2) is 4.98 Å². The molecule has 0 bridgehead atoms. The first kappa shape index (κ1) is 6.22. The Morgan fingerprint density at radius 2 is 2.27 bits per heavy atom. The SMILES string of the molecule is Cc1cc(N)c2ocnc2c1. The van der Waals surface area contributed by atoms with Crippen LogP contribution in [0.3, 0.4) is 0 Å². The second-order valence-electron chi connectivity index (χ2n) is 2.55. The summed E-state index contributed by atoms with van der Waals surface area (Å²) < 4.78 is 5.07. The van der Waals surface area contributed by atoms with Crippen LogP contribution in [0.1, 0.15) is 5.56 Å². The predicted octanol–water partition coefficient (Wildman–Crippen LogP) is 1.72. The molecule has 2 aromatic rings. The maximum absolute atomic E-state index is 5.67. The molecule has 0 aliphatic heterocycles. The summed E-state index contributed by atoms with van der Waals surface area (Å²) in [5.74, 6) is 0. The lowest BCUT2D eigenvalue weighted by atomic mass is 10.2. The fraction of sp³-hybridized carbons (Fsp3) is 0.125. The molecular formula is C8H8N2O. The van der Waals surface area contributed by atoms with E-state index >= 15 is 0 Å². The maximum atomic E-state index is 5.67. The molecule has 0 aliphatic carbocycles. The van der Waals surface area contributed by atoms with Crippen LogP contribution in [0, 0.1) is 6.92 Å². The Kier molecular flexibility index (Phi) is 1.12. The van der Waals surface area contributed by atoms with Crippen molar-refractivity contribution in [3.05, 3.63) is 24.1 Å². The van der Waals surface area contributed by atoms with E-state index in [-0.39, 0.29) is 0 Å². The van der Waals surface area contributed by atoms with E-state index in [0.29, 0.717) is 11.3 Å². The molecule has 2 N–H and O–H groups in total. The van der Waals surface area contributed by atoms with Gasteiger partial charge in [0.25, 0.3) is 0 Å². The molecule has 1 aromatic carbocycles. The number of nitrogen functional groups attached to an aromatic ring is 1. The summed E-state index contributed by atoms with van der Waals surface area (Å²) in [6.45, 7) is 1.98. The summed E-state index contributed by atoms with van der Waals surface area (Å²) in [5.41, 5.74) is 8.92. The number of aromatic nitrogens is 1. The van der Waals surface area contributed by atoms with Gasteiger partial charge >= 0.3 is 0 Å². The van der Waals surface area contributed by atoms with E-state index in [1.807, 2.05) is 19.1 Å². The Balaban J connectivity index is 2.91. The minimum Gasteiger partial charge on any atom is -0.441 e. The normalized spacial score (nSPS) is 10.6. The second kappa shape index (κ2) is 1.99. The standard InChI is InChI=1S/C8H8N2O/c1-5-2-6(9)8-7(3-5)10-4-11-8/h2-4H,9H2,1H3. The highest BCUT2D eigenvalue weighted by atomic mass is 16.3. The van der Waals surface area contributed by atoms with Gasteiger partial charge in [0.05, 0.1) is 5.69 Å². The fourth-order valence-corrected chi connectivity index (χ4v) is 1.14. The Hall–Kier alpha value is -1.51. The molecule has 0 aliphatic rings. The topological polar surface area (TPSA) is 52.0 Å². The van der Waals surface area contributed by atoms with Gasteiger partial charge in [-0.3, -0.25) is 0 Å². The third-order valence-electron chi connectivity index (χ3n) is 1.60. The van der Waals surface area contributed by atoms with Gasteiger partial charge in [-0.05, 0) is 24.6 Å². The molecule has 3 nitrogen and oxygen atoms in total. The molecule has 3 heteroatoms. The number of hydrogen-bond acceptors (Lipinski definition) is 3. The number of fused-ring (bicyclic) bond motifs is 1. The summed E-state index contributed by atoms with van der Waals surface area (Å²) in [4.78, 5) is 3.99. The predicted molar refractivity (Wildman–Crippen MR) is 43.2 cm³/mol. The number of rotatable bonds is 0. The quantitative estimate of drug-likeness (QED) is 0.578. The molecule has 0 radical (unpaired) electrons. The lowest BCUT2D eigenvalue weighted by Gasteiger charge is -1.94. The monoisotopic (exact) mass is 148 g/mol. The van der Waals surface area contributed by atoms with E-state index in [0.717, 1.165) is 11.1 Å². The number of hydrogen-bond donors (Lipinski definition) is 1. The van der Waals surface area contributed by atoms with Gasteiger partial charge in [-0.2, -0.15) is 0 Å². The van der Waals surface area contributed by atoms with Crippen LogP contribution in [0.25, 0.3) is 11.1 Å². The number of nitrogens with zero attached hydrogens (tertiary/aromatic N) is 1. The largest absolute Gasteiger partial charge is 0.441 e. The summed E-state index contributed by atoms with van der Waals surface area (Å²) in [5, 5.41) is 0. The van der Waals surface area contributed by atoms with Crippen LogP contribution in [0.15, 0.2) is 22.9 Å². The van der Waals surface area contributed by atoms with Crippen molar-refractivity contribution in [2.24, 2.45) is 0 Å². The molecule has 0 atom stereocenters. The van der Waals surface area contributed by atoms with Crippen molar-refractivity contribution < 1.29 is 4.42 Å². The molecule has 11 heavy (non-hydrogen) atoms. The van der Waals surface area contributed by atoms with Gasteiger partial charge in [0, 0.05) is 0 Å².